The summed E-state index contributed by atoms with van der Waals surface area (Å²) in [7, 11) is 0. The number of nitrogens with one attached hydrogen (secondary N) is 2. The number of ether oxygens (including phenoxy) is 1. The first-order valence-corrected chi connectivity index (χ1v) is 6.65. The fraction of sp³-hybridized carbons (Fsp3) is 0.583. The summed E-state index contributed by atoms with van der Waals surface area (Å²) >= 11 is 0. The Labute approximate surface area is 111 Å². The zero-order valence-corrected chi connectivity index (χ0v) is 11.1. The van der Waals surface area contributed by atoms with Crippen LogP contribution in [0.4, 0.5) is 5.95 Å². The number of hydrazine groups is 1. The standard InChI is InChI=1S/C12H20N6O/c1-2-3-4-5-6-7-19-11-9-8-14-18-10(9)15-12(16-11)17-13/h8H,2-7,13H2,1H3,(H2,14,15,16,17,18). The van der Waals surface area contributed by atoms with Gasteiger partial charge >= 0.3 is 0 Å². The number of H-pyrrole nitrogens is 1. The van der Waals surface area contributed by atoms with E-state index in [1.807, 2.05) is 0 Å². The SMILES string of the molecule is CCCCCCCOc1nc(NN)nc2[nH]ncc12. The maximum absolute atomic E-state index is 5.69. The van der Waals surface area contributed by atoms with E-state index in [9.17, 15) is 0 Å². The molecule has 7 heteroatoms. The molecule has 7 nitrogen and oxygen atoms in total. The normalized spacial score (nSPS) is 10.8. The van der Waals surface area contributed by atoms with Crippen molar-refractivity contribution < 1.29 is 4.74 Å². The second kappa shape index (κ2) is 6.89. The second-order valence-corrected chi connectivity index (χ2v) is 4.39. The zero-order chi connectivity index (χ0) is 13.5. The Morgan fingerprint density at radius 3 is 2.89 bits per heavy atom. The molecular formula is C12H20N6O. The van der Waals surface area contributed by atoms with Gasteiger partial charge in [-0.2, -0.15) is 15.1 Å². The first kappa shape index (κ1) is 13.5. The Bertz CT molecular complexity index is 512. The van der Waals surface area contributed by atoms with Gasteiger partial charge in [0.05, 0.1) is 12.8 Å². The largest absolute Gasteiger partial charge is 0.477 e. The smallest absolute Gasteiger partial charge is 0.242 e. The van der Waals surface area contributed by atoms with Crippen molar-refractivity contribution in [3.8, 4) is 5.88 Å². The van der Waals surface area contributed by atoms with Gasteiger partial charge in [0.1, 0.15) is 5.39 Å². The number of rotatable bonds is 8. The number of hydrogen-bond acceptors (Lipinski definition) is 6. The van der Waals surface area contributed by atoms with E-state index in [1.54, 1.807) is 6.20 Å². The van der Waals surface area contributed by atoms with Gasteiger partial charge < -0.3 is 4.74 Å². The van der Waals surface area contributed by atoms with Crippen LogP contribution in [0.15, 0.2) is 6.20 Å². The van der Waals surface area contributed by atoms with Crippen LogP contribution >= 0.6 is 0 Å². The average molecular weight is 264 g/mol. The van der Waals surface area contributed by atoms with Crippen molar-refractivity contribution in [1.29, 1.82) is 0 Å². The maximum Gasteiger partial charge on any atom is 0.242 e. The van der Waals surface area contributed by atoms with Crippen molar-refractivity contribution in [2.24, 2.45) is 5.84 Å². The molecule has 4 N–H and O–H groups in total. The van der Waals surface area contributed by atoms with Gasteiger partial charge in [-0.15, -0.1) is 0 Å². The number of aromatic nitrogens is 4. The van der Waals surface area contributed by atoms with E-state index in [0.717, 1.165) is 11.8 Å². The zero-order valence-electron chi connectivity index (χ0n) is 11.1. The summed E-state index contributed by atoms with van der Waals surface area (Å²) in [6.45, 7) is 2.85. The molecule has 104 valence electrons. The highest BCUT2D eigenvalue weighted by molar-refractivity contribution is 5.80. The first-order valence-electron chi connectivity index (χ1n) is 6.65. The van der Waals surface area contributed by atoms with Crippen molar-refractivity contribution in [1.82, 2.24) is 20.2 Å². The van der Waals surface area contributed by atoms with Crippen molar-refractivity contribution >= 4 is 17.0 Å². The van der Waals surface area contributed by atoms with Gasteiger partial charge in [0, 0.05) is 0 Å². The van der Waals surface area contributed by atoms with Crippen molar-refractivity contribution in [2.45, 2.75) is 39.0 Å². The fourth-order valence-corrected chi connectivity index (χ4v) is 1.86. The lowest BCUT2D eigenvalue weighted by Gasteiger charge is -2.07. The topological polar surface area (TPSA) is 102 Å². The molecule has 0 atom stereocenters. The van der Waals surface area contributed by atoms with Gasteiger partial charge in [-0.05, 0) is 6.42 Å². The lowest BCUT2D eigenvalue weighted by atomic mass is 10.2. The molecule has 2 aromatic heterocycles. The minimum Gasteiger partial charge on any atom is -0.477 e. The summed E-state index contributed by atoms with van der Waals surface area (Å²) in [4.78, 5) is 8.33. The number of anilines is 1. The average Bonchev–Trinajstić information content (AvgIpc) is 2.90. The van der Waals surface area contributed by atoms with E-state index < -0.39 is 0 Å². The predicted molar refractivity (Wildman–Crippen MR) is 73.7 cm³/mol. The van der Waals surface area contributed by atoms with Crippen molar-refractivity contribution in [3.05, 3.63) is 6.20 Å². The number of nitrogens with two attached hydrogens (primary N) is 1. The number of fused-ring (bicyclic) bond motifs is 1. The van der Waals surface area contributed by atoms with Gasteiger partial charge in [-0.3, -0.25) is 10.5 Å². The molecule has 19 heavy (non-hydrogen) atoms. The summed E-state index contributed by atoms with van der Waals surface area (Å²) in [5.74, 6) is 6.16. The van der Waals surface area contributed by atoms with Crippen LogP contribution in [0.5, 0.6) is 5.88 Å². The van der Waals surface area contributed by atoms with Crippen molar-refractivity contribution in [2.75, 3.05) is 12.0 Å². The van der Waals surface area contributed by atoms with Gasteiger partial charge in [0.15, 0.2) is 5.65 Å². The van der Waals surface area contributed by atoms with Crippen LogP contribution in [0.2, 0.25) is 0 Å². The number of hydrogen-bond donors (Lipinski definition) is 3. The second-order valence-electron chi connectivity index (χ2n) is 4.39. The molecule has 2 rings (SSSR count). The Kier molecular flexibility index (Phi) is 4.91. The highest BCUT2D eigenvalue weighted by atomic mass is 16.5. The summed E-state index contributed by atoms with van der Waals surface area (Å²) in [6.07, 6.45) is 7.63. The third-order valence-electron chi connectivity index (χ3n) is 2.89. The Balaban J connectivity index is 1.93. The molecule has 2 aromatic rings. The Morgan fingerprint density at radius 1 is 1.26 bits per heavy atom. The van der Waals surface area contributed by atoms with Crippen LogP contribution in [0.3, 0.4) is 0 Å². The predicted octanol–water partition coefficient (Wildman–Crippen LogP) is 1.99. The fourth-order valence-electron chi connectivity index (χ4n) is 1.86. The molecule has 0 aliphatic rings. The van der Waals surface area contributed by atoms with Gasteiger partial charge in [-0.1, -0.05) is 32.6 Å². The lowest BCUT2D eigenvalue weighted by Crippen LogP contribution is -2.11. The van der Waals surface area contributed by atoms with Gasteiger partial charge in [0.25, 0.3) is 0 Å². The van der Waals surface area contributed by atoms with Crippen LogP contribution in [0.25, 0.3) is 11.0 Å². The van der Waals surface area contributed by atoms with E-state index >= 15 is 0 Å². The molecular weight excluding hydrogens is 244 g/mol. The molecule has 0 bridgehead atoms. The quantitative estimate of drug-likeness (QED) is 0.383. The Morgan fingerprint density at radius 2 is 2.11 bits per heavy atom. The van der Waals surface area contributed by atoms with Crippen LogP contribution < -0.4 is 16.0 Å². The molecule has 0 saturated carbocycles. The van der Waals surface area contributed by atoms with Crippen molar-refractivity contribution in [3.63, 3.8) is 0 Å². The molecule has 2 heterocycles. The van der Waals surface area contributed by atoms with Crippen LogP contribution in [0.1, 0.15) is 39.0 Å². The highest BCUT2D eigenvalue weighted by Crippen LogP contribution is 2.22. The first-order chi connectivity index (χ1) is 9.35. The molecule has 0 radical (unpaired) electrons. The molecule has 0 aromatic carbocycles. The number of nitrogen functional groups attached to an aromatic ring is 1. The summed E-state index contributed by atoms with van der Waals surface area (Å²) in [5.41, 5.74) is 3.03. The maximum atomic E-state index is 5.69. The molecule has 0 aliphatic heterocycles. The Hall–Kier alpha value is -1.89. The van der Waals surface area contributed by atoms with E-state index in [4.69, 9.17) is 10.6 Å². The van der Waals surface area contributed by atoms with Crippen LogP contribution in [-0.4, -0.2) is 26.8 Å². The van der Waals surface area contributed by atoms with E-state index in [0.29, 0.717) is 24.1 Å². The molecule has 0 unspecified atom stereocenters. The minimum atomic E-state index is 0.317. The monoisotopic (exact) mass is 264 g/mol. The van der Waals surface area contributed by atoms with E-state index in [2.05, 4.69) is 32.5 Å². The molecule has 0 aliphatic carbocycles. The van der Waals surface area contributed by atoms with Gasteiger partial charge in [-0.25, -0.2) is 5.84 Å². The molecule has 0 spiro atoms. The number of unbranched alkanes of at least 4 members (excludes halogenated alkanes) is 4. The van der Waals surface area contributed by atoms with Gasteiger partial charge in [0.2, 0.25) is 11.8 Å². The molecule has 0 amide bonds. The highest BCUT2D eigenvalue weighted by Gasteiger charge is 2.09. The third-order valence-corrected chi connectivity index (χ3v) is 2.89. The van der Waals surface area contributed by atoms with E-state index in [-0.39, 0.29) is 0 Å². The van der Waals surface area contributed by atoms with Crippen LogP contribution in [0, 0.1) is 0 Å². The number of aromatic amines is 1. The summed E-state index contributed by atoms with van der Waals surface area (Å²) < 4.78 is 5.69. The lowest BCUT2D eigenvalue weighted by molar-refractivity contribution is 0.297. The van der Waals surface area contributed by atoms with E-state index in [1.165, 1.54) is 25.7 Å². The molecule has 0 saturated heterocycles. The summed E-state index contributed by atoms with van der Waals surface area (Å²) in [6, 6.07) is 0. The van der Waals surface area contributed by atoms with Crippen LogP contribution in [-0.2, 0) is 0 Å². The minimum absolute atomic E-state index is 0.317. The number of nitrogens with zero attached hydrogens (tertiary/aromatic N) is 3. The summed E-state index contributed by atoms with van der Waals surface area (Å²) in [5, 5.41) is 7.48. The molecule has 0 fully saturated rings. The third kappa shape index (κ3) is 3.54.